The number of nitrogens with zero attached hydrogens (tertiary/aromatic N) is 6. The van der Waals surface area contributed by atoms with Crippen molar-refractivity contribution < 1.29 is 9.63 Å². The van der Waals surface area contributed by atoms with Gasteiger partial charge in [0, 0.05) is 11.8 Å². The van der Waals surface area contributed by atoms with Crippen LogP contribution >= 0.6 is 0 Å². The Morgan fingerprint density at radius 1 is 1.17 bits per heavy atom. The molecule has 1 N–H and O–H groups in total. The Labute approximate surface area is 165 Å². The van der Waals surface area contributed by atoms with Crippen LogP contribution < -0.4 is 5.69 Å². The van der Waals surface area contributed by atoms with Gasteiger partial charge in [0.2, 0.25) is 5.88 Å². The van der Waals surface area contributed by atoms with E-state index < -0.39 is 0 Å². The van der Waals surface area contributed by atoms with Crippen LogP contribution in [0.25, 0.3) is 5.69 Å². The summed E-state index contributed by atoms with van der Waals surface area (Å²) < 4.78 is 9.42. The van der Waals surface area contributed by atoms with Crippen LogP contribution in [0.5, 0.6) is 5.88 Å². The zero-order chi connectivity index (χ0) is 20.5. The molecule has 0 saturated carbocycles. The first kappa shape index (κ1) is 18.3. The molecule has 29 heavy (non-hydrogen) atoms. The van der Waals surface area contributed by atoms with Gasteiger partial charge in [0.1, 0.15) is 5.76 Å². The lowest BCUT2D eigenvalue weighted by atomic mass is 10.1. The van der Waals surface area contributed by atoms with Crippen molar-refractivity contribution in [1.82, 2.24) is 24.1 Å². The van der Waals surface area contributed by atoms with Crippen molar-refractivity contribution in [3.05, 3.63) is 81.5 Å². The maximum atomic E-state index is 12.8. The van der Waals surface area contributed by atoms with E-state index in [1.165, 1.54) is 21.5 Å². The second kappa shape index (κ2) is 7.16. The second-order valence-electron chi connectivity index (χ2n) is 6.74. The normalized spacial score (nSPS) is 10.9. The molecule has 0 aliphatic heterocycles. The minimum absolute atomic E-state index is 0.180. The van der Waals surface area contributed by atoms with Crippen LogP contribution in [0.1, 0.15) is 28.1 Å². The molecule has 1 aromatic carbocycles. The summed E-state index contributed by atoms with van der Waals surface area (Å²) in [6.45, 7) is 4.41. The molecule has 4 aromatic rings. The predicted molar refractivity (Wildman–Crippen MR) is 103 cm³/mol. The highest BCUT2D eigenvalue weighted by atomic mass is 16.5. The first-order chi connectivity index (χ1) is 14.0. The molecule has 0 fully saturated rings. The minimum atomic E-state index is -0.385. The summed E-state index contributed by atoms with van der Waals surface area (Å²) in [5, 5.41) is 27.4. The van der Waals surface area contributed by atoms with E-state index in [0.29, 0.717) is 23.6 Å². The van der Waals surface area contributed by atoms with E-state index in [1.54, 1.807) is 35.1 Å². The largest absolute Gasteiger partial charge is 0.493 e. The molecule has 0 atom stereocenters. The third kappa shape index (κ3) is 3.43. The number of aryl methyl sites for hydroxylation is 2. The van der Waals surface area contributed by atoms with Crippen molar-refractivity contribution in [1.29, 1.82) is 5.26 Å². The summed E-state index contributed by atoms with van der Waals surface area (Å²) in [4.78, 5) is 12.8. The first-order valence-electron chi connectivity index (χ1n) is 8.91. The lowest BCUT2D eigenvalue weighted by Gasteiger charge is -2.02. The van der Waals surface area contributed by atoms with Gasteiger partial charge < -0.3 is 9.63 Å². The molecule has 9 heteroatoms. The van der Waals surface area contributed by atoms with E-state index in [0.717, 1.165) is 16.8 Å². The molecule has 0 bridgehead atoms. The number of nitriles is 1. The number of benzene rings is 1. The minimum Gasteiger partial charge on any atom is -0.493 e. The summed E-state index contributed by atoms with van der Waals surface area (Å²) in [6, 6.07) is 9.00. The van der Waals surface area contributed by atoms with Crippen molar-refractivity contribution in [2.24, 2.45) is 0 Å². The summed E-state index contributed by atoms with van der Waals surface area (Å²) in [7, 11) is 0. The molecule has 9 nitrogen and oxygen atoms in total. The number of aromatic hydroxyl groups is 1. The fourth-order valence-electron chi connectivity index (χ4n) is 3.16. The predicted octanol–water partition coefficient (Wildman–Crippen LogP) is 2.11. The number of rotatable bonds is 5. The maximum Gasteiger partial charge on any atom is 0.336 e. The van der Waals surface area contributed by atoms with Crippen molar-refractivity contribution in [3.8, 4) is 17.6 Å². The average Bonchev–Trinajstić information content (AvgIpc) is 3.37. The molecule has 0 spiro atoms. The first-order valence-corrected chi connectivity index (χ1v) is 8.91. The second-order valence-corrected chi connectivity index (χ2v) is 6.74. The van der Waals surface area contributed by atoms with Crippen LogP contribution in [0.15, 0.2) is 52.2 Å². The fraction of sp³-hybridized carbons (Fsp3) is 0.200. The summed E-state index contributed by atoms with van der Waals surface area (Å²) >= 11 is 0. The van der Waals surface area contributed by atoms with Crippen molar-refractivity contribution >= 4 is 0 Å². The molecule has 0 amide bonds. The van der Waals surface area contributed by atoms with Gasteiger partial charge in [-0.15, -0.1) is 0 Å². The van der Waals surface area contributed by atoms with E-state index in [9.17, 15) is 9.90 Å². The molecule has 0 aliphatic rings. The Morgan fingerprint density at radius 2 is 1.93 bits per heavy atom. The standard InChI is InChI=1S/C20H18N6O3/c1-13-18(14(2)29-23-13)11-25-10-17(8-22-25)26-19(27)12-24(20(26)28)9-16-5-3-15(7-21)4-6-16/h3-6,8,10,12,27H,9,11H2,1-2H3. The summed E-state index contributed by atoms with van der Waals surface area (Å²) in [5.41, 5.74) is 3.17. The van der Waals surface area contributed by atoms with Crippen molar-refractivity contribution in [2.45, 2.75) is 26.9 Å². The molecular formula is C20H18N6O3. The van der Waals surface area contributed by atoms with E-state index in [-0.39, 0.29) is 18.1 Å². The van der Waals surface area contributed by atoms with Gasteiger partial charge in [-0.25, -0.2) is 9.36 Å². The molecule has 0 aliphatic carbocycles. The van der Waals surface area contributed by atoms with Crippen LogP contribution in [0, 0.1) is 25.2 Å². The van der Waals surface area contributed by atoms with E-state index in [2.05, 4.69) is 16.3 Å². The molecule has 146 valence electrons. The van der Waals surface area contributed by atoms with Gasteiger partial charge in [-0.1, -0.05) is 17.3 Å². The third-order valence-electron chi connectivity index (χ3n) is 4.75. The molecule has 0 unspecified atom stereocenters. The zero-order valence-electron chi connectivity index (χ0n) is 15.9. The van der Waals surface area contributed by atoms with Crippen LogP contribution in [0.4, 0.5) is 0 Å². The molecule has 3 heterocycles. The highest BCUT2D eigenvalue weighted by molar-refractivity contribution is 5.34. The SMILES string of the molecule is Cc1noc(C)c1Cn1cc(-n2c(O)cn(Cc3ccc(C#N)cc3)c2=O)cn1. The number of hydrogen-bond acceptors (Lipinski definition) is 6. The quantitative estimate of drug-likeness (QED) is 0.558. The van der Waals surface area contributed by atoms with Gasteiger partial charge >= 0.3 is 5.69 Å². The van der Waals surface area contributed by atoms with E-state index in [4.69, 9.17) is 9.78 Å². The number of imidazole rings is 1. The number of hydrogen-bond donors (Lipinski definition) is 1. The van der Waals surface area contributed by atoms with Crippen LogP contribution in [-0.4, -0.2) is 29.2 Å². The van der Waals surface area contributed by atoms with E-state index in [1.807, 2.05) is 13.8 Å². The van der Waals surface area contributed by atoms with E-state index >= 15 is 0 Å². The molecule has 0 radical (unpaired) electrons. The highest BCUT2D eigenvalue weighted by Gasteiger charge is 2.16. The lowest BCUT2D eigenvalue weighted by Crippen LogP contribution is -2.23. The summed E-state index contributed by atoms with van der Waals surface area (Å²) in [5.74, 6) is 0.536. The van der Waals surface area contributed by atoms with Gasteiger partial charge in [0.05, 0.1) is 48.5 Å². The Morgan fingerprint density at radius 3 is 2.59 bits per heavy atom. The van der Waals surface area contributed by atoms with Gasteiger partial charge in [-0.05, 0) is 31.5 Å². The molecule has 3 aromatic heterocycles. The van der Waals surface area contributed by atoms with Crippen molar-refractivity contribution in [2.75, 3.05) is 0 Å². The van der Waals surface area contributed by atoms with Crippen LogP contribution in [-0.2, 0) is 13.1 Å². The Bertz CT molecular complexity index is 1250. The Kier molecular flexibility index (Phi) is 4.52. The third-order valence-corrected chi connectivity index (χ3v) is 4.75. The van der Waals surface area contributed by atoms with Crippen molar-refractivity contribution in [3.63, 3.8) is 0 Å². The Balaban J connectivity index is 1.60. The zero-order valence-corrected chi connectivity index (χ0v) is 15.9. The lowest BCUT2D eigenvalue weighted by molar-refractivity contribution is 0.391. The smallest absolute Gasteiger partial charge is 0.336 e. The Hall–Kier alpha value is -4.06. The topological polar surface area (TPSA) is 115 Å². The van der Waals surface area contributed by atoms with Gasteiger partial charge in [0.25, 0.3) is 0 Å². The van der Waals surface area contributed by atoms with Gasteiger partial charge in [-0.3, -0.25) is 9.25 Å². The molecular weight excluding hydrogens is 372 g/mol. The van der Waals surface area contributed by atoms with Crippen LogP contribution in [0.3, 0.4) is 0 Å². The molecule has 4 rings (SSSR count). The van der Waals surface area contributed by atoms with Crippen LogP contribution in [0.2, 0.25) is 0 Å². The number of aromatic nitrogens is 5. The summed E-state index contributed by atoms with van der Waals surface area (Å²) in [6.07, 6.45) is 4.58. The maximum absolute atomic E-state index is 12.8. The highest BCUT2D eigenvalue weighted by Crippen LogP contribution is 2.17. The molecule has 0 saturated heterocycles. The van der Waals surface area contributed by atoms with Gasteiger partial charge in [-0.2, -0.15) is 10.4 Å². The average molecular weight is 390 g/mol. The monoisotopic (exact) mass is 390 g/mol. The van der Waals surface area contributed by atoms with Gasteiger partial charge in [0.15, 0.2) is 0 Å². The fourth-order valence-corrected chi connectivity index (χ4v) is 3.16.